The minimum absolute atomic E-state index is 0.853. The topological polar surface area (TPSA) is 25.8 Å². The van der Waals surface area contributed by atoms with E-state index in [1.165, 1.54) is 17.1 Å². The van der Waals surface area contributed by atoms with Crippen LogP contribution < -0.4 is 0 Å². The number of hydrogen-bond donors (Lipinski definition) is 0. The van der Waals surface area contributed by atoms with Gasteiger partial charge in [0.05, 0.1) is 11.1 Å². The summed E-state index contributed by atoms with van der Waals surface area (Å²) in [6.07, 6.45) is 0. The zero-order valence-corrected chi connectivity index (χ0v) is 15.8. The number of fused-ring (bicyclic) bond motifs is 1. The van der Waals surface area contributed by atoms with E-state index in [4.69, 9.17) is 4.98 Å². The fourth-order valence-corrected chi connectivity index (χ4v) is 4.24. The van der Waals surface area contributed by atoms with Crippen LogP contribution in [0.1, 0.15) is 0 Å². The average molecular weight is 446 g/mol. The molecule has 0 bridgehead atoms. The number of hydrogen-bond acceptors (Lipinski definition) is 3. The summed E-state index contributed by atoms with van der Waals surface area (Å²) in [6.45, 7) is 0. The summed E-state index contributed by atoms with van der Waals surface area (Å²) in [4.78, 5) is 5.73. The molecule has 0 aliphatic rings. The van der Waals surface area contributed by atoms with Gasteiger partial charge in [0, 0.05) is 10.0 Å². The monoisotopic (exact) mass is 444 g/mol. The van der Waals surface area contributed by atoms with Crippen LogP contribution >= 0.6 is 43.4 Å². The van der Waals surface area contributed by atoms with Crippen LogP contribution in [0, 0.1) is 0 Å². The van der Waals surface area contributed by atoms with Gasteiger partial charge in [0.25, 0.3) is 0 Å². The van der Waals surface area contributed by atoms with E-state index in [0.29, 0.717) is 0 Å². The minimum atomic E-state index is 0.853. The highest BCUT2D eigenvalue weighted by atomic mass is 79.9. The van der Waals surface area contributed by atoms with E-state index in [-0.39, 0.29) is 0 Å². The van der Waals surface area contributed by atoms with Crippen molar-refractivity contribution in [3.8, 4) is 22.4 Å². The van der Waals surface area contributed by atoms with Crippen molar-refractivity contribution >= 4 is 53.6 Å². The molecule has 0 atom stereocenters. The summed E-state index contributed by atoms with van der Waals surface area (Å²) < 4.78 is 6.33. The van der Waals surface area contributed by atoms with Crippen LogP contribution in [0.2, 0.25) is 0 Å². The minimum Gasteiger partial charge on any atom is -0.235 e. The molecule has 0 N–H and O–H groups in total. The van der Waals surface area contributed by atoms with Gasteiger partial charge in [-0.2, -0.15) is 4.37 Å². The van der Waals surface area contributed by atoms with Crippen LogP contribution in [-0.4, -0.2) is 9.36 Å². The third-order valence-electron chi connectivity index (χ3n) is 3.63. The van der Waals surface area contributed by atoms with Crippen molar-refractivity contribution in [1.29, 1.82) is 0 Å². The zero-order chi connectivity index (χ0) is 15.8. The predicted molar refractivity (Wildman–Crippen MR) is 104 cm³/mol. The molecular formula is C18H10Br2N2S. The van der Waals surface area contributed by atoms with Crippen molar-refractivity contribution in [3.05, 3.63) is 69.7 Å². The maximum atomic E-state index is 4.79. The fourth-order valence-electron chi connectivity index (χ4n) is 2.53. The van der Waals surface area contributed by atoms with Crippen molar-refractivity contribution in [2.24, 2.45) is 0 Å². The first-order chi connectivity index (χ1) is 11.2. The van der Waals surface area contributed by atoms with Gasteiger partial charge in [-0.15, -0.1) is 0 Å². The largest absolute Gasteiger partial charge is 0.235 e. The van der Waals surface area contributed by atoms with Gasteiger partial charge in [0.1, 0.15) is 9.43 Å². The molecule has 0 aliphatic heterocycles. The van der Waals surface area contributed by atoms with Crippen molar-refractivity contribution < 1.29 is 0 Å². The normalized spacial score (nSPS) is 11.0. The first kappa shape index (κ1) is 15.0. The lowest BCUT2D eigenvalue weighted by Crippen LogP contribution is -1.87. The SMILES string of the molecule is Brc1ccc(-c2cc(-c3ccccc3)c3c(Br)nsc3n2)cc1. The Morgan fingerprint density at radius 1 is 0.826 bits per heavy atom. The van der Waals surface area contributed by atoms with Crippen LogP contribution in [0.5, 0.6) is 0 Å². The lowest BCUT2D eigenvalue weighted by molar-refractivity contribution is 1.42. The van der Waals surface area contributed by atoms with Crippen LogP contribution in [0.4, 0.5) is 0 Å². The molecule has 0 fully saturated rings. The number of halogens is 2. The van der Waals surface area contributed by atoms with Gasteiger partial charge in [-0.1, -0.05) is 58.4 Å². The highest BCUT2D eigenvalue weighted by Crippen LogP contribution is 2.37. The first-order valence-electron chi connectivity index (χ1n) is 6.99. The lowest BCUT2D eigenvalue weighted by Gasteiger charge is -2.08. The van der Waals surface area contributed by atoms with E-state index in [2.05, 4.69) is 78.7 Å². The smallest absolute Gasteiger partial charge is 0.145 e. The summed E-state index contributed by atoms with van der Waals surface area (Å²) >= 11 is 8.45. The Labute approximate surface area is 154 Å². The molecule has 2 aromatic heterocycles. The Morgan fingerprint density at radius 2 is 1.57 bits per heavy atom. The summed E-state index contributed by atoms with van der Waals surface area (Å²) in [5.41, 5.74) is 4.37. The van der Waals surface area contributed by atoms with Crippen LogP contribution in [0.15, 0.2) is 69.7 Å². The second-order valence-electron chi connectivity index (χ2n) is 5.08. The van der Waals surface area contributed by atoms with Crippen molar-refractivity contribution in [1.82, 2.24) is 9.36 Å². The van der Waals surface area contributed by atoms with E-state index in [1.54, 1.807) is 0 Å². The highest BCUT2D eigenvalue weighted by Gasteiger charge is 2.14. The molecule has 0 saturated heterocycles. The molecule has 0 aliphatic carbocycles. The number of rotatable bonds is 2. The Hall–Kier alpha value is -1.56. The van der Waals surface area contributed by atoms with Gasteiger partial charge < -0.3 is 0 Å². The van der Waals surface area contributed by atoms with Gasteiger partial charge in [0.15, 0.2) is 0 Å². The number of pyridine rings is 1. The standard InChI is InChI=1S/C18H10Br2N2S/c19-13-8-6-12(7-9-13)15-10-14(11-4-2-1-3-5-11)16-17(20)22-23-18(16)21-15/h1-10H. The van der Waals surface area contributed by atoms with Gasteiger partial charge in [-0.3, -0.25) is 0 Å². The molecule has 4 aromatic rings. The van der Waals surface area contributed by atoms with Crippen molar-refractivity contribution in [2.45, 2.75) is 0 Å². The molecule has 0 unspecified atom stereocenters. The Bertz CT molecular complexity index is 979. The van der Waals surface area contributed by atoms with E-state index >= 15 is 0 Å². The van der Waals surface area contributed by atoms with Gasteiger partial charge in [-0.25, -0.2) is 4.98 Å². The zero-order valence-electron chi connectivity index (χ0n) is 11.8. The number of nitrogens with zero attached hydrogens (tertiary/aromatic N) is 2. The number of benzene rings is 2. The van der Waals surface area contributed by atoms with Crippen LogP contribution in [0.25, 0.3) is 32.6 Å². The average Bonchev–Trinajstić information content (AvgIpc) is 2.97. The predicted octanol–water partition coefficient (Wildman–Crippen LogP) is 6.55. The van der Waals surface area contributed by atoms with Crippen molar-refractivity contribution in [3.63, 3.8) is 0 Å². The van der Waals surface area contributed by atoms with E-state index < -0.39 is 0 Å². The van der Waals surface area contributed by atoms with Gasteiger partial charge >= 0.3 is 0 Å². The molecule has 4 rings (SSSR count). The van der Waals surface area contributed by atoms with E-state index in [0.717, 1.165) is 36.1 Å². The Kier molecular flexibility index (Phi) is 4.01. The van der Waals surface area contributed by atoms with Crippen molar-refractivity contribution in [2.75, 3.05) is 0 Å². The van der Waals surface area contributed by atoms with Gasteiger partial charge in [0.2, 0.25) is 0 Å². The molecule has 0 radical (unpaired) electrons. The van der Waals surface area contributed by atoms with Crippen LogP contribution in [0.3, 0.4) is 0 Å². The summed E-state index contributed by atoms with van der Waals surface area (Å²) in [6, 6.07) is 20.7. The molecule has 0 amide bonds. The fraction of sp³-hybridized carbons (Fsp3) is 0. The molecular weight excluding hydrogens is 436 g/mol. The van der Waals surface area contributed by atoms with E-state index in [1.807, 2.05) is 18.2 Å². The first-order valence-corrected chi connectivity index (χ1v) is 9.35. The molecule has 112 valence electrons. The molecule has 2 nitrogen and oxygen atoms in total. The Morgan fingerprint density at radius 3 is 2.30 bits per heavy atom. The Balaban J connectivity index is 2.00. The van der Waals surface area contributed by atoms with Gasteiger partial charge in [-0.05, 0) is 56.8 Å². The highest BCUT2D eigenvalue weighted by molar-refractivity contribution is 9.10. The molecule has 5 heteroatoms. The lowest BCUT2D eigenvalue weighted by atomic mass is 10.0. The molecule has 0 saturated carbocycles. The second kappa shape index (κ2) is 6.15. The second-order valence-corrected chi connectivity index (χ2v) is 7.50. The number of aromatic nitrogens is 2. The van der Waals surface area contributed by atoms with Crippen LogP contribution in [-0.2, 0) is 0 Å². The third kappa shape index (κ3) is 2.84. The summed E-state index contributed by atoms with van der Waals surface area (Å²) in [5.74, 6) is 0. The molecule has 2 aromatic carbocycles. The summed E-state index contributed by atoms with van der Waals surface area (Å²) in [7, 11) is 0. The van der Waals surface area contributed by atoms with E-state index in [9.17, 15) is 0 Å². The third-order valence-corrected chi connectivity index (χ3v) is 5.71. The molecule has 0 spiro atoms. The maximum Gasteiger partial charge on any atom is 0.145 e. The molecule has 23 heavy (non-hydrogen) atoms. The maximum absolute atomic E-state index is 4.79. The summed E-state index contributed by atoms with van der Waals surface area (Å²) in [5, 5.41) is 1.07. The molecule has 2 heterocycles. The quantitative estimate of drug-likeness (QED) is 0.349.